The number of nitrogens with zero attached hydrogens (tertiary/aromatic N) is 4. The fraction of sp³-hybridized carbons (Fsp3) is 0.357. The van der Waals surface area contributed by atoms with E-state index in [2.05, 4.69) is 52.7 Å². The van der Waals surface area contributed by atoms with Crippen LogP contribution in [0.15, 0.2) is 72.0 Å². The van der Waals surface area contributed by atoms with Crippen LogP contribution in [0.1, 0.15) is 19.3 Å². The lowest BCUT2D eigenvalue weighted by molar-refractivity contribution is 0.113. The summed E-state index contributed by atoms with van der Waals surface area (Å²) in [7, 11) is 1.73. The highest BCUT2D eigenvalue weighted by Gasteiger charge is 2.47. The second kappa shape index (κ2) is 9.52. The van der Waals surface area contributed by atoms with Crippen molar-refractivity contribution in [3.63, 3.8) is 0 Å². The second-order valence-electron chi connectivity index (χ2n) is 9.80. The number of hydrogen-bond donors (Lipinski definition) is 1. The third-order valence-corrected chi connectivity index (χ3v) is 8.59. The number of β-amino-alcohol motifs (C(OH)–C–C–N with tert-alkyl or cyclic N) is 1. The van der Waals surface area contributed by atoms with Gasteiger partial charge in [-0.2, -0.15) is 9.28 Å². The summed E-state index contributed by atoms with van der Waals surface area (Å²) >= 11 is -0.253. The molecule has 1 N–H and O–H groups in total. The van der Waals surface area contributed by atoms with Crippen molar-refractivity contribution in [1.29, 1.82) is 0 Å². The molecule has 6 rings (SSSR count). The summed E-state index contributed by atoms with van der Waals surface area (Å²) in [4.78, 5) is 8.23. The summed E-state index contributed by atoms with van der Waals surface area (Å²) in [6.45, 7) is 2.60. The van der Waals surface area contributed by atoms with E-state index in [0.717, 1.165) is 77.4 Å². The molecule has 1 saturated carbocycles. The molecule has 2 aromatic carbocycles. The second-order valence-corrected chi connectivity index (χ2v) is 11.5. The lowest BCUT2D eigenvalue weighted by Crippen LogP contribution is -2.36. The molecule has 2 unspecified atom stereocenters. The Balaban J connectivity index is 1.18. The van der Waals surface area contributed by atoms with Crippen LogP contribution in [-0.2, 0) is 15.4 Å². The Morgan fingerprint density at radius 1 is 1.08 bits per heavy atom. The van der Waals surface area contributed by atoms with Crippen LogP contribution >= 0.6 is 0 Å². The number of ether oxygens (including phenoxy) is 1. The van der Waals surface area contributed by atoms with Gasteiger partial charge in [0.25, 0.3) is 0 Å². The minimum Gasteiger partial charge on any atom is -0.486 e. The molecule has 3 heterocycles. The van der Waals surface area contributed by atoms with E-state index in [4.69, 9.17) is 13.9 Å². The third-order valence-electron chi connectivity index (χ3n) is 7.17. The molecule has 8 heteroatoms. The fourth-order valence-electron chi connectivity index (χ4n) is 4.93. The number of hydrogen-bond acceptors (Lipinski definition) is 6. The molecule has 7 nitrogen and oxygen atoms in total. The summed E-state index contributed by atoms with van der Waals surface area (Å²) in [6.07, 6.45) is 10.7. The monoisotopic (exact) mass is 503 g/mol. The lowest BCUT2D eigenvalue weighted by Gasteiger charge is -2.24. The highest BCUT2D eigenvalue weighted by atomic mass is 32.2. The van der Waals surface area contributed by atoms with Gasteiger partial charge in [0.05, 0.1) is 19.4 Å². The molecule has 2 fully saturated rings. The Hall–Kier alpha value is -2.91. The first-order valence-electron chi connectivity index (χ1n) is 12.4. The maximum Gasteiger partial charge on any atom is 0.190 e. The summed E-state index contributed by atoms with van der Waals surface area (Å²) in [5.74, 6) is 0.886. The molecule has 0 radical (unpaired) electrons. The van der Waals surface area contributed by atoms with Crippen LogP contribution in [0.2, 0.25) is 0 Å². The molecule has 1 saturated heterocycles. The molecular weight excluding hydrogens is 472 g/mol. The largest absolute Gasteiger partial charge is 0.486 e. The standard InChI is InChI=1S/C28H31N4O3S/c1-34-36(2)25-5-3-4-21(14-25)26-16-30-32-17-22(15-29-27(26)32)20-6-8-24(9-7-20)35-28(11-12-28)19-31-13-10-23(33)18-31/h3-9,14-17,23,33H,10-13,18-19H2,1-2H3/q+1. The van der Waals surface area contributed by atoms with Crippen LogP contribution in [0.5, 0.6) is 5.75 Å². The summed E-state index contributed by atoms with van der Waals surface area (Å²) in [6, 6.07) is 16.6. The highest BCUT2D eigenvalue weighted by Crippen LogP contribution is 2.42. The number of benzene rings is 2. The lowest BCUT2D eigenvalue weighted by atomic mass is 10.1. The number of fused-ring (bicyclic) bond motifs is 1. The third kappa shape index (κ3) is 4.74. The Bertz CT molecular complexity index is 1370. The van der Waals surface area contributed by atoms with E-state index in [9.17, 15) is 5.11 Å². The van der Waals surface area contributed by atoms with Crippen molar-refractivity contribution in [3.8, 4) is 28.0 Å². The van der Waals surface area contributed by atoms with Crippen LogP contribution in [0.4, 0.5) is 0 Å². The molecule has 36 heavy (non-hydrogen) atoms. The van der Waals surface area contributed by atoms with E-state index in [1.54, 1.807) is 7.11 Å². The topological polar surface area (TPSA) is 72.1 Å². The Kier molecular flexibility index (Phi) is 6.21. The molecule has 0 bridgehead atoms. The Morgan fingerprint density at radius 2 is 1.92 bits per heavy atom. The van der Waals surface area contributed by atoms with Crippen molar-refractivity contribution in [2.24, 2.45) is 0 Å². The Morgan fingerprint density at radius 3 is 2.64 bits per heavy atom. The van der Waals surface area contributed by atoms with Crippen molar-refractivity contribution in [2.45, 2.75) is 35.9 Å². The fourth-order valence-corrected chi connectivity index (χ4v) is 5.68. The quantitative estimate of drug-likeness (QED) is 0.363. The smallest absolute Gasteiger partial charge is 0.190 e. The zero-order valence-electron chi connectivity index (χ0n) is 20.6. The van der Waals surface area contributed by atoms with Gasteiger partial charge in [0.15, 0.2) is 21.7 Å². The average Bonchev–Trinajstić information content (AvgIpc) is 3.31. The molecule has 2 atom stereocenters. The van der Waals surface area contributed by atoms with Gasteiger partial charge in [0, 0.05) is 49.2 Å². The molecule has 1 aliphatic carbocycles. The molecule has 4 aromatic rings. The number of rotatable bonds is 8. The SMILES string of the molecule is CO[S+](C)c1cccc(-c2cnn3cc(-c4ccc(OC5(CN6CCC(O)C6)CC5)cc4)cnc23)c1. The zero-order valence-corrected chi connectivity index (χ0v) is 21.4. The maximum atomic E-state index is 9.81. The van der Waals surface area contributed by atoms with Crippen molar-refractivity contribution in [2.75, 3.05) is 33.0 Å². The van der Waals surface area contributed by atoms with E-state index in [1.165, 1.54) is 0 Å². The van der Waals surface area contributed by atoms with E-state index in [1.807, 2.05) is 35.2 Å². The number of aromatic nitrogens is 3. The summed E-state index contributed by atoms with van der Waals surface area (Å²) in [5, 5.41) is 14.4. The Labute approximate surface area is 214 Å². The van der Waals surface area contributed by atoms with Crippen LogP contribution in [0, 0.1) is 0 Å². The molecule has 186 valence electrons. The first kappa shape index (κ1) is 23.5. The first-order chi connectivity index (χ1) is 17.5. The maximum absolute atomic E-state index is 9.81. The average molecular weight is 504 g/mol. The van der Waals surface area contributed by atoms with E-state index < -0.39 is 0 Å². The predicted octanol–water partition coefficient (Wildman–Crippen LogP) is 4.21. The predicted molar refractivity (Wildman–Crippen MR) is 142 cm³/mol. The van der Waals surface area contributed by atoms with Gasteiger partial charge in [-0.3, -0.25) is 4.90 Å². The summed E-state index contributed by atoms with van der Waals surface area (Å²) < 4.78 is 13.7. The van der Waals surface area contributed by atoms with Gasteiger partial charge >= 0.3 is 0 Å². The van der Waals surface area contributed by atoms with Crippen LogP contribution in [0.25, 0.3) is 27.9 Å². The number of aliphatic hydroxyl groups excluding tert-OH is 1. The normalized spacial score (nSPS) is 20.0. The van der Waals surface area contributed by atoms with Crippen LogP contribution in [0.3, 0.4) is 0 Å². The van der Waals surface area contributed by atoms with E-state index in [0.29, 0.717) is 0 Å². The zero-order chi connectivity index (χ0) is 24.7. The van der Waals surface area contributed by atoms with Gasteiger partial charge in [0.2, 0.25) is 0 Å². The first-order valence-corrected chi connectivity index (χ1v) is 13.9. The van der Waals surface area contributed by atoms with Crippen LogP contribution in [-0.4, -0.2) is 69.3 Å². The molecule has 0 amide bonds. The van der Waals surface area contributed by atoms with Crippen molar-refractivity contribution in [3.05, 3.63) is 67.1 Å². The van der Waals surface area contributed by atoms with Gasteiger partial charge in [0.1, 0.15) is 17.6 Å². The van der Waals surface area contributed by atoms with Gasteiger partial charge in [-0.25, -0.2) is 9.50 Å². The van der Waals surface area contributed by atoms with E-state index in [-0.39, 0.29) is 22.9 Å². The molecular formula is C28H31N4O3S+. The molecule has 1 aliphatic heterocycles. The van der Waals surface area contributed by atoms with Crippen molar-refractivity contribution < 1.29 is 14.0 Å². The summed E-state index contributed by atoms with van der Waals surface area (Å²) in [5.41, 5.74) is 4.87. The molecule has 2 aromatic heterocycles. The number of aliphatic hydroxyl groups is 1. The van der Waals surface area contributed by atoms with Gasteiger partial charge in [-0.1, -0.05) is 24.3 Å². The van der Waals surface area contributed by atoms with Crippen LogP contribution < -0.4 is 4.74 Å². The van der Waals surface area contributed by atoms with Gasteiger partial charge in [-0.05, 0) is 48.6 Å². The van der Waals surface area contributed by atoms with Gasteiger partial charge < -0.3 is 9.84 Å². The number of likely N-dealkylation sites (tertiary alicyclic amines) is 1. The highest BCUT2D eigenvalue weighted by molar-refractivity contribution is 7.91. The molecule has 0 spiro atoms. The van der Waals surface area contributed by atoms with Gasteiger partial charge in [-0.15, -0.1) is 0 Å². The molecule has 2 aliphatic rings. The van der Waals surface area contributed by atoms with Crippen molar-refractivity contribution in [1.82, 2.24) is 19.5 Å². The minimum atomic E-state index is -0.253. The van der Waals surface area contributed by atoms with E-state index >= 15 is 0 Å². The van der Waals surface area contributed by atoms with Crippen molar-refractivity contribution >= 4 is 16.8 Å². The minimum absolute atomic E-state index is 0.101.